The van der Waals surface area contributed by atoms with E-state index in [1.807, 2.05) is 51.2 Å². The standard InChI is InChI=1S/C22H26N4O2/c1-14-11-17-18(23)8-5-9-19(17)25(14)12-15-13-26(21(27)28-22(2,3)4)20-16(15)7-6-10-24-20/h5-10,13-14H,11-12,23H2,1-4H3. The zero-order valence-electron chi connectivity index (χ0n) is 16.8. The molecule has 2 N–H and O–H groups in total. The van der Waals surface area contributed by atoms with Crippen LogP contribution in [0.3, 0.4) is 0 Å². The van der Waals surface area contributed by atoms with Crippen molar-refractivity contribution in [2.24, 2.45) is 0 Å². The van der Waals surface area contributed by atoms with Crippen molar-refractivity contribution in [2.45, 2.75) is 52.3 Å². The summed E-state index contributed by atoms with van der Waals surface area (Å²) in [6, 6.07) is 10.3. The van der Waals surface area contributed by atoms with Gasteiger partial charge < -0.3 is 15.4 Å². The molecule has 1 aliphatic rings. The van der Waals surface area contributed by atoms with Crippen LogP contribution < -0.4 is 10.6 Å². The van der Waals surface area contributed by atoms with Gasteiger partial charge in [0, 0.05) is 47.3 Å². The topological polar surface area (TPSA) is 73.4 Å². The molecule has 3 heterocycles. The first-order valence-electron chi connectivity index (χ1n) is 9.57. The molecule has 4 rings (SSSR count). The van der Waals surface area contributed by atoms with Crippen LogP contribution in [0.1, 0.15) is 38.8 Å². The summed E-state index contributed by atoms with van der Waals surface area (Å²) in [7, 11) is 0. The maximum atomic E-state index is 12.7. The summed E-state index contributed by atoms with van der Waals surface area (Å²) >= 11 is 0. The fourth-order valence-electron chi connectivity index (χ4n) is 3.85. The van der Waals surface area contributed by atoms with Gasteiger partial charge in [-0.1, -0.05) is 6.07 Å². The van der Waals surface area contributed by atoms with E-state index in [1.54, 1.807) is 6.20 Å². The average molecular weight is 378 g/mol. The van der Waals surface area contributed by atoms with Gasteiger partial charge >= 0.3 is 6.09 Å². The lowest BCUT2D eigenvalue weighted by Crippen LogP contribution is -2.28. The van der Waals surface area contributed by atoms with Gasteiger partial charge in [0.05, 0.1) is 0 Å². The Morgan fingerprint density at radius 2 is 2.07 bits per heavy atom. The number of carbonyl (C=O) groups is 1. The van der Waals surface area contributed by atoms with E-state index >= 15 is 0 Å². The van der Waals surface area contributed by atoms with Crippen molar-refractivity contribution in [3.8, 4) is 0 Å². The summed E-state index contributed by atoms with van der Waals surface area (Å²) in [5, 5.41) is 0.956. The minimum absolute atomic E-state index is 0.330. The third-order valence-corrected chi connectivity index (χ3v) is 5.11. The second-order valence-corrected chi connectivity index (χ2v) is 8.41. The van der Waals surface area contributed by atoms with Gasteiger partial charge in [-0.2, -0.15) is 0 Å². The molecule has 146 valence electrons. The highest BCUT2D eigenvalue weighted by Crippen LogP contribution is 2.37. The Bertz CT molecular complexity index is 1050. The molecule has 3 aromatic rings. The minimum atomic E-state index is -0.567. The summed E-state index contributed by atoms with van der Waals surface area (Å²) in [5.74, 6) is 0. The number of anilines is 2. The van der Waals surface area contributed by atoms with Gasteiger partial charge in [-0.25, -0.2) is 14.3 Å². The quantitative estimate of drug-likeness (QED) is 0.671. The van der Waals surface area contributed by atoms with Gasteiger partial charge in [-0.05, 0) is 63.9 Å². The maximum Gasteiger partial charge on any atom is 0.420 e. The summed E-state index contributed by atoms with van der Waals surface area (Å²) in [6.07, 6.45) is 4.05. The van der Waals surface area contributed by atoms with Gasteiger partial charge in [0.1, 0.15) is 11.2 Å². The number of nitrogen functional groups attached to an aromatic ring is 1. The van der Waals surface area contributed by atoms with Crippen molar-refractivity contribution in [1.82, 2.24) is 9.55 Å². The molecular formula is C22H26N4O2. The number of pyridine rings is 1. The highest BCUT2D eigenvalue weighted by molar-refractivity contribution is 5.89. The predicted octanol–water partition coefficient (Wildman–Crippen LogP) is 4.35. The predicted molar refractivity (Wildman–Crippen MR) is 112 cm³/mol. The maximum absolute atomic E-state index is 12.7. The molecule has 1 atom stereocenters. The van der Waals surface area contributed by atoms with Crippen LogP contribution in [-0.4, -0.2) is 27.3 Å². The molecule has 0 bridgehead atoms. The van der Waals surface area contributed by atoms with Crippen LogP contribution in [0.25, 0.3) is 11.0 Å². The molecule has 1 aliphatic heterocycles. The summed E-state index contributed by atoms with van der Waals surface area (Å²) < 4.78 is 7.07. The van der Waals surface area contributed by atoms with Crippen molar-refractivity contribution in [3.05, 3.63) is 53.9 Å². The molecule has 1 unspecified atom stereocenters. The number of nitrogens with two attached hydrogens (primary N) is 1. The Labute approximate surface area is 164 Å². The minimum Gasteiger partial charge on any atom is -0.443 e. The van der Waals surface area contributed by atoms with Gasteiger partial charge in [0.15, 0.2) is 0 Å². The van der Waals surface area contributed by atoms with Crippen molar-refractivity contribution < 1.29 is 9.53 Å². The summed E-state index contributed by atoms with van der Waals surface area (Å²) in [5.41, 5.74) is 10.5. The molecule has 1 aromatic carbocycles. The normalized spacial score (nSPS) is 16.4. The number of rotatable bonds is 2. The van der Waals surface area contributed by atoms with Crippen LogP contribution >= 0.6 is 0 Å². The largest absolute Gasteiger partial charge is 0.443 e. The van der Waals surface area contributed by atoms with Gasteiger partial charge in [-0.15, -0.1) is 0 Å². The SMILES string of the molecule is CC1Cc2c(N)cccc2N1Cc1cn(C(=O)OC(C)(C)C)c2ncccc12. The lowest BCUT2D eigenvalue weighted by Gasteiger charge is -2.24. The second kappa shape index (κ2) is 6.55. The molecule has 0 fully saturated rings. The zero-order chi connectivity index (χ0) is 20.1. The summed E-state index contributed by atoms with van der Waals surface area (Å²) in [6.45, 7) is 8.45. The molecule has 0 spiro atoms. The first kappa shape index (κ1) is 18.3. The number of hydrogen-bond acceptors (Lipinski definition) is 5. The highest BCUT2D eigenvalue weighted by atomic mass is 16.6. The highest BCUT2D eigenvalue weighted by Gasteiger charge is 2.29. The molecule has 0 radical (unpaired) electrons. The third kappa shape index (κ3) is 3.19. The summed E-state index contributed by atoms with van der Waals surface area (Å²) in [4.78, 5) is 19.5. The number of carbonyl (C=O) groups excluding carboxylic acids is 1. The molecular weight excluding hydrogens is 352 g/mol. The zero-order valence-corrected chi connectivity index (χ0v) is 16.8. The van der Waals surface area contributed by atoms with Crippen LogP contribution in [0, 0.1) is 0 Å². The van der Waals surface area contributed by atoms with Gasteiger partial charge in [0.25, 0.3) is 0 Å². The monoisotopic (exact) mass is 378 g/mol. The smallest absolute Gasteiger partial charge is 0.420 e. The molecule has 0 saturated heterocycles. The van der Waals surface area contributed by atoms with E-state index in [0.29, 0.717) is 18.2 Å². The third-order valence-electron chi connectivity index (χ3n) is 5.11. The van der Waals surface area contributed by atoms with Crippen molar-refractivity contribution in [2.75, 3.05) is 10.6 Å². The van der Waals surface area contributed by atoms with Crippen molar-refractivity contribution in [1.29, 1.82) is 0 Å². The van der Waals surface area contributed by atoms with Crippen LogP contribution in [0.5, 0.6) is 0 Å². The second-order valence-electron chi connectivity index (χ2n) is 8.41. The molecule has 6 heteroatoms. The Balaban J connectivity index is 1.73. The molecule has 0 saturated carbocycles. The van der Waals surface area contributed by atoms with Gasteiger partial charge in [0.2, 0.25) is 0 Å². The number of ether oxygens (including phenoxy) is 1. The van der Waals surface area contributed by atoms with E-state index < -0.39 is 11.7 Å². The van der Waals surface area contributed by atoms with Crippen LogP contribution in [-0.2, 0) is 17.7 Å². The van der Waals surface area contributed by atoms with Gasteiger partial charge in [-0.3, -0.25) is 0 Å². The number of nitrogens with zero attached hydrogens (tertiary/aromatic N) is 3. The number of fused-ring (bicyclic) bond motifs is 2. The van der Waals surface area contributed by atoms with E-state index in [0.717, 1.165) is 28.7 Å². The Morgan fingerprint density at radius 1 is 1.29 bits per heavy atom. The van der Waals surface area contributed by atoms with Crippen molar-refractivity contribution >= 4 is 28.5 Å². The molecule has 6 nitrogen and oxygen atoms in total. The fraction of sp³-hybridized carbons (Fsp3) is 0.364. The van der Waals surface area contributed by atoms with Crippen molar-refractivity contribution in [3.63, 3.8) is 0 Å². The van der Waals surface area contributed by atoms with E-state index in [1.165, 1.54) is 10.1 Å². The van der Waals surface area contributed by atoms with Crippen LogP contribution in [0.2, 0.25) is 0 Å². The van der Waals surface area contributed by atoms with Crippen LogP contribution in [0.15, 0.2) is 42.7 Å². The number of hydrogen-bond donors (Lipinski definition) is 1. The molecule has 0 amide bonds. The first-order chi connectivity index (χ1) is 13.2. The Kier molecular flexibility index (Phi) is 4.29. The van der Waals surface area contributed by atoms with E-state index in [-0.39, 0.29) is 0 Å². The lowest BCUT2D eigenvalue weighted by atomic mass is 10.1. The first-order valence-corrected chi connectivity index (χ1v) is 9.57. The molecule has 0 aliphatic carbocycles. The lowest BCUT2D eigenvalue weighted by molar-refractivity contribution is 0.0543. The molecule has 28 heavy (non-hydrogen) atoms. The van der Waals surface area contributed by atoms with Crippen LogP contribution in [0.4, 0.5) is 16.2 Å². The Hall–Kier alpha value is -3.02. The Morgan fingerprint density at radius 3 is 2.82 bits per heavy atom. The fourth-order valence-corrected chi connectivity index (χ4v) is 3.85. The molecule has 2 aromatic heterocycles. The van der Waals surface area contributed by atoms with E-state index in [2.05, 4.69) is 22.9 Å². The van der Waals surface area contributed by atoms with E-state index in [9.17, 15) is 4.79 Å². The number of aromatic nitrogens is 2. The average Bonchev–Trinajstić information content (AvgIpc) is 3.14. The number of benzene rings is 1. The van der Waals surface area contributed by atoms with E-state index in [4.69, 9.17) is 10.5 Å².